The van der Waals surface area contributed by atoms with Crippen LogP contribution in [0.15, 0.2) is 244 Å². The number of anilines is 9. The van der Waals surface area contributed by atoms with E-state index in [9.17, 15) is 0 Å². The highest BCUT2D eigenvalue weighted by atomic mass is 32.2. The molecule has 0 saturated carbocycles. The summed E-state index contributed by atoms with van der Waals surface area (Å²) in [5.41, 5.74) is 18.7. The third-order valence-corrected chi connectivity index (χ3v) is 17.8. The highest BCUT2D eigenvalue weighted by molar-refractivity contribution is 8.00. The molecule has 10 aromatic carbocycles. The van der Waals surface area contributed by atoms with Crippen molar-refractivity contribution in [3.8, 4) is 0 Å². The second-order valence-electron chi connectivity index (χ2n) is 18.0. The molecule has 0 atom stereocenters. The topological polar surface area (TPSA) is 9.72 Å². The Morgan fingerprint density at radius 1 is 0.353 bits per heavy atom. The largest absolute Gasteiger partial charge is 0.311 e. The second-order valence-corrected chi connectivity index (χ2v) is 21.2. The molecule has 5 heterocycles. The molecule has 0 amide bonds. The van der Waals surface area contributed by atoms with Crippen LogP contribution in [-0.4, -0.2) is 13.4 Å². The van der Waals surface area contributed by atoms with Crippen molar-refractivity contribution in [1.82, 2.24) is 0 Å². The lowest BCUT2D eigenvalue weighted by molar-refractivity contribution is 1.22. The predicted octanol–water partition coefficient (Wildman–Crippen LogP) is 13.1. The Labute approximate surface area is 408 Å². The van der Waals surface area contributed by atoms with Crippen molar-refractivity contribution in [3.63, 3.8) is 0 Å². The molecule has 0 bridgehead atoms. The Morgan fingerprint density at radius 2 is 0.868 bits per heavy atom. The van der Waals surface area contributed by atoms with Crippen molar-refractivity contribution >= 4 is 152 Å². The van der Waals surface area contributed by atoms with Crippen LogP contribution in [0.1, 0.15) is 0 Å². The van der Waals surface area contributed by atoms with E-state index >= 15 is 0 Å². The van der Waals surface area contributed by atoms with Crippen LogP contribution in [0.3, 0.4) is 0 Å². The summed E-state index contributed by atoms with van der Waals surface area (Å²) < 4.78 is 2.65. The van der Waals surface area contributed by atoms with Crippen LogP contribution < -0.4 is 47.5 Å². The van der Waals surface area contributed by atoms with Crippen LogP contribution in [0.4, 0.5) is 51.2 Å². The molecule has 0 spiro atoms. The maximum Gasteiger partial charge on any atom is 0.249 e. The first kappa shape index (κ1) is 38.7. The highest BCUT2D eigenvalue weighted by Gasteiger charge is 2.47. The first-order chi connectivity index (χ1) is 33.7. The molecule has 11 aromatic rings. The molecule has 3 nitrogen and oxygen atoms in total. The minimum Gasteiger partial charge on any atom is -0.311 e. The van der Waals surface area contributed by atoms with Gasteiger partial charge in [0.1, 0.15) is 0 Å². The number of rotatable bonds is 5. The summed E-state index contributed by atoms with van der Waals surface area (Å²) in [6.45, 7) is 0.0453. The second kappa shape index (κ2) is 15.1. The minimum atomic E-state index is 0.0104. The fourth-order valence-corrected chi connectivity index (χ4v) is 15.3. The summed E-state index contributed by atoms with van der Waals surface area (Å²) in [7, 11) is 0. The van der Waals surface area contributed by atoms with Crippen molar-refractivity contribution in [1.29, 1.82) is 0 Å². The lowest BCUT2D eigenvalue weighted by Crippen LogP contribution is -2.64. The lowest BCUT2D eigenvalue weighted by Gasteiger charge is -2.45. The lowest BCUT2D eigenvalue weighted by atomic mass is 9.31. The van der Waals surface area contributed by atoms with Gasteiger partial charge in [0.25, 0.3) is 0 Å². The molecule has 0 N–H and O–H groups in total. The van der Waals surface area contributed by atoms with E-state index in [1.54, 1.807) is 0 Å². The van der Waals surface area contributed by atoms with Crippen LogP contribution >= 0.6 is 34.9 Å². The van der Waals surface area contributed by atoms with Gasteiger partial charge in [0.05, 0.1) is 0 Å². The van der Waals surface area contributed by atoms with Gasteiger partial charge >= 0.3 is 0 Å². The molecule has 1 aromatic heterocycles. The van der Waals surface area contributed by atoms with Gasteiger partial charge in [0.15, 0.2) is 0 Å². The van der Waals surface area contributed by atoms with Gasteiger partial charge in [-0.25, -0.2) is 0 Å². The predicted molar refractivity (Wildman–Crippen MR) is 294 cm³/mol. The van der Waals surface area contributed by atoms with E-state index in [1.807, 2.05) is 34.9 Å². The zero-order valence-corrected chi connectivity index (χ0v) is 39.0. The van der Waals surface area contributed by atoms with E-state index in [0.29, 0.717) is 0 Å². The number of para-hydroxylation sites is 4. The average molecular weight is 918 g/mol. The minimum absolute atomic E-state index is 0.0104. The third kappa shape index (κ3) is 5.66. The van der Waals surface area contributed by atoms with Gasteiger partial charge in [-0.3, -0.25) is 0 Å². The number of fused-ring (bicyclic) bond motifs is 12. The van der Waals surface area contributed by atoms with E-state index in [2.05, 4.69) is 239 Å². The van der Waals surface area contributed by atoms with Crippen molar-refractivity contribution in [2.24, 2.45) is 0 Å². The maximum atomic E-state index is 2.63. The fourth-order valence-electron chi connectivity index (χ4n) is 11.6. The monoisotopic (exact) mass is 917 g/mol. The zero-order valence-electron chi connectivity index (χ0n) is 36.6. The van der Waals surface area contributed by atoms with Gasteiger partial charge in [-0.2, -0.15) is 0 Å². The van der Waals surface area contributed by atoms with E-state index in [1.165, 1.54) is 95.3 Å². The van der Waals surface area contributed by atoms with Gasteiger partial charge in [-0.05, 0) is 113 Å². The standard InChI is InChI=1S/C60H37B2N3S3/c1-5-19-38(20-6-1)63(39-21-7-2-8-22-39)42-33-50-58-56(34-42)67-53-31-17-14-28-44(53)61(58)46-35-47-49(36-48(46)64(50)40-23-9-3-10-24-40)65(41-25-11-4-12-26-41)51-37-55-57(43-27-13-16-30-52(43)66-55)60-59(51)62(47)45-29-15-18-32-54(45)68-60/h1-37H. The summed E-state index contributed by atoms with van der Waals surface area (Å²) in [6.07, 6.45) is 0. The third-order valence-electron chi connectivity index (χ3n) is 14.3. The number of nitrogens with zero attached hydrogens (tertiary/aromatic N) is 3. The summed E-state index contributed by atoms with van der Waals surface area (Å²) in [4.78, 5) is 12.9. The summed E-state index contributed by atoms with van der Waals surface area (Å²) in [6, 6.07) is 83.7. The molecule has 0 radical (unpaired) electrons. The van der Waals surface area contributed by atoms with Gasteiger partial charge in [0, 0.05) is 90.9 Å². The van der Waals surface area contributed by atoms with Crippen LogP contribution in [0.25, 0.3) is 20.2 Å². The molecule has 0 aliphatic carbocycles. The van der Waals surface area contributed by atoms with Crippen LogP contribution in [-0.2, 0) is 0 Å². The van der Waals surface area contributed by atoms with Crippen LogP contribution in [0, 0.1) is 0 Å². The Balaban J connectivity index is 1.06. The number of hydrogen-bond donors (Lipinski definition) is 0. The van der Waals surface area contributed by atoms with Gasteiger partial charge in [-0.1, -0.05) is 168 Å². The fraction of sp³-hybridized carbons (Fsp3) is 0. The molecule has 4 aliphatic heterocycles. The highest BCUT2D eigenvalue weighted by Crippen LogP contribution is 2.51. The van der Waals surface area contributed by atoms with Gasteiger partial charge in [0.2, 0.25) is 13.4 Å². The SMILES string of the molecule is c1ccc(N(c2ccccc2)c2cc3c4c(c2)N(c2ccccc2)c2cc5c(cc2B4c2ccccc2S3)B2c3ccccc3Sc3c2c(cc2sc4ccccc4c32)N5c2ccccc2)cc1. The number of benzene rings is 10. The van der Waals surface area contributed by atoms with Crippen LogP contribution in [0.5, 0.6) is 0 Å². The Bertz CT molecular complexity index is 3810. The van der Waals surface area contributed by atoms with Crippen molar-refractivity contribution in [2.45, 2.75) is 19.6 Å². The summed E-state index contributed by atoms with van der Waals surface area (Å²) in [5, 5.41) is 2.72. The van der Waals surface area contributed by atoms with E-state index in [4.69, 9.17) is 0 Å². The molecule has 0 saturated heterocycles. The Hall–Kier alpha value is -7.35. The average Bonchev–Trinajstić information content (AvgIpc) is 3.78. The van der Waals surface area contributed by atoms with Crippen LogP contribution in [0.2, 0.25) is 0 Å². The normalized spacial score (nSPS) is 13.6. The summed E-state index contributed by atoms with van der Waals surface area (Å²) >= 11 is 5.78. The molecule has 68 heavy (non-hydrogen) atoms. The molecule has 316 valence electrons. The quantitative estimate of drug-likeness (QED) is 0.159. The van der Waals surface area contributed by atoms with Crippen molar-refractivity contribution < 1.29 is 0 Å². The summed E-state index contributed by atoms with van der Waals surface area (Å²) in [5.74, 6) is 0. The van der Waals surface area contributed by atoms with E-state index < -0.39 is 0 Å². The first-order valence-electron chi connectivity index (χ1n) is 23.2. The Morgan fingerprint density at radius 3 is 1.50 bits per heavy atom. The van der Waals surface area contributed by atoms with E-state index in [0.717, 1.165) is 28.4 Å². The first-order valence-corrected chi connectivity index (χ1v) is 25.7. The molecule has 8 heteroatoms. The number of hydrogen-bond acceptors (Lipinski definition) is 6. The smallest absolute Gasteiger partial charge is 0.249 e. The zero-order chi connectivity index (χ0) is 44.5. The van der Waals surface area contributed by atoms with Crippen molar-refractivity contribution in [3.05, 3.63) is 224 Å². The molecule has 0 unspecified atom stereocenters. The van der Waals surface area contributed by atoms with Crippen molar-refractivity contribution in [2.75, 3.05) is 14.7 Å². The molecule has 4 aliphatic rings. The molecule has 15 rings (SSSR count). The molecule has 0 fully saturated rings. The van der Waals surface area contributed by atoms with Gasteiger partial charge < -0.3 is 14.7 Å². The maximum absolute atomic E-state index is 2.63. The van der Waals surface area contributed by atoms with E-state index in [-0.39, 0.29) is 13.4 Å². The molecular weight excluding hydrogens is 881 g/mol. The molecular formula is C60H37B2N3S3. The van der Waals surface area contributed by atoms with Gasteiger partial charge in [-0.15, -0.1) is 11.3 Å². The number of thiophene rings is 1. The Kier molecular flexibility index (Phi) is 8.59.